The molecule has 1 aromatic carbocycles. The van der Waals surface area contributed by atoms with Gasteiger partial charge in [-0.2, -0.15) is 0 Å². The number of Topliss-reactive ketones (excluding diaryl/α,β-unsaturated/α-hetero) is 1. The lowest BCUT2D eigenvalue weighted by atomic mass is 10.1. The van der Waals surface area contributed by atoms with Crippen LogP contribution in [0.25, 0.3) is 10.6 Å². The SMILES string of the molecule is COP(=O)(CS(=O)(=O)c1ccc(CC(=O)c2nc(-c3ccc(C)s3)cnc2N)cc1)OC. The quantitative estimate of drug-likeness (QED) is 0.347. The van der Waals surface area contributed by atoms with E-state index in [1.807, 2.05) is 19.1 Å². The van der Waals surface area contributed by atoms with E-state index in [4.69, 9.17) is 14.8 Å². The first-order valence-electron chi connectivity index (χ1n) is 9.31. The zero-order valence-corrected chi connectivity index (χ0v) is 20.2. The zero-order chi connectivity index (χ0) is 23.5. The molecule has 12 heteroatoms. The van der Waals surface area contributed by atoms with Crippen LogP contribution in [0.1, 0.15) is 20.9 Å². The molecule has 3 aromatic rings. The van der Waals surface area contributed by atoms with Crippen molar-refractivity contribution in [1.82, 2.24) is 9.97 Å². The lowest BCUT2D eigenvalue weighted by molar-refractivity contribution is 0.0989. The second kappa shape index (κ2) is 9.60. The number of anilines is 1. The molecule has 0 aliphatic heterocycles. The molecule has 0 aliphatic rings. The van der Waals surface area contributed by atoms with E-state index in [0.29, 0.717) is 11.3 Å². The van der Waals surface area contributed by atoms with Crippen LogP contribution in [0.2, 0.25) is 0 Å². The molecule has 0 amide bonds. The molecule has 0 unspecified atom stereocenters. The molecule has 0 saturated heterocycles. The summed E-state index contributed by atoms with van der Waals surface area (Å²) < 4.78 is 46.6. The fourth-order valence-corrected chi connectivity index (χ4v) is 7.47. The average molecular weight is 496 g/mol. The highest BCUT2D eigenvalue weighted by atomic mass is 32.2. The molecule has 3 rings (SSSR count). The number of nitrogen functional groups attached to an aromatic ring is 1. The lowest BCUT2D eigenvalue weighted by Gasteiger charge is -2.14. The molecule has 2 heterocycles. The number of hydrogen-bond acceptors (Lipinski definition) is 10. The van der Waals surface area contributed by atoms with Crippen molar-refractivity contribution in [2.24, 2.45) is 0 Å². The maximum absolute atomic E-state index is 12.8. The minimum Gasteiger partial charge on any atom is -0.382 e. The van der Waals surface area contributed by atoms with Crippen LogP contribution in [0, 0.1) is 6.92 Å². The highest BCUT2D eigenvalue weighted by molar-refractivity contribution is 7.97. The van der Waals surface area contributed by atoms with Gasteiger partial charge < -0.3 is 14.8 Å². The number of nitrogens with zero attached hydrogens (tertiary/aromatic N) is 2. The van der Waals surface area contributed by atoms with Crippen LogP contribution in [0.15, 0.2) is 47.5 Å². The number of thiophene rings is 1. The van der Waals surface area contributed by atoms with Crippen molar-refractivity contribution in [3.8, 4) is 10.6 Å². The zero-order valence-electron chi connectivity index (χ0n) is 17.6. The van der Waals surface area contributed by atoms with E-state index < -0.39 is 22.9 Å². The van der Waals surface area contributed by atoms with Crippen LogP contribution < -0.4 is 5.73 Å². The molecule has 0 radical (unpaired) electrons. The second-order valence-electron chi connectivity index (χ2n) is 6.86. The number of aromatic nitrogens is 2. The van der Waals surface area contributed by atoms with E-state index in [-0.39, 0.29) is 28.6 Å². The van der Waals surface area contributed by atoms with Crippen molar-refractivity contribution in [2.45, 2.75) is 18.2 Å². The monoisotopic (exact) mass is 495 g/mol. The molecule has 0 spiro atoms. The predicted molar refractivity (Wildman–Crippen MR) is 123 cm³/mol. The van der Waals surface area contributed by atoms with Gasteiger partial charge in [-0.1, -0.05) is 12.1 Å². The van der Waals surface area contributed by atoms with E-state index >= 15 is 0 Å². The lowest BCUT2D eigenvalue weighted by Crippen LogP contribution is -2.12. The summed E-state index contributed by atoms with van der Waals surface area (Å²) in [5.74, 6) is -0.315. The van der Waals surface area contributed by atoms with Crippen molar-refractivity contribution in [3.63, 3.8) is 0 Å². The first-order chi connectivity index (χ1) is 15.1. The molecule has 2 aromatic heterocycles. The Morgan fingerprint density at radius 3 is 2.34 bits per heavy atom. The van der Waals surface area contributed by atoms with Crippen LogP contribution in [-0.4, -0.2) is 43.9 Å². The van der Waals surface area contributed by atoms with Crippen LogP contribution in [0.4, 0.5) is 5.82 Å². The van der Waals surface area contributed by atoms with E-state index in [0.717, 1.165) is 24.0 Å². The van der Waals surface area contributed by atoms with E-state index in [1.54, 1.807) is 0 Å². The summed E-state index contributed by atoms with van der Waals surface area (Å²) in [4.78, 5) is 23.2. The van der Waals surface area contributed by atoms with Crippen LogP contribution >= 0.6 is 18.9 Å². The number of benzene rings is 1. The number of aryl methyl sites for hydroxylation is 1. The van der Waals surface area contributed by atoms with Crippen LogP contribution in [0.3, 0.4) is 0 Å². The topological polar surface area (TPSA) is 139 Å². The van der Waals surface area contributed by atoms with E-state index in [9.17, 15) is 17.8 Å². The fraction of sp³-hybridized carbons (Fsp3) is 0.250. The third-order valence-electron chi connectivity index (χ3n) is 4.59. The Hall–Kier alpha value is -2.43. The normalized spacial score (nSPS) is 12.1. The minimum absolute atomic E-state index is 0.0288. The standard InChI is InChI=1S/C20H22N3O6PS2/c1-13-4-9-18(31-13)16-11-22-20(21)19(23-16)17(24)10-14-5-7-15(8-6-14)32(26,27)12-30(25,28-2)29-3/h4-9,11H,10,12H2,1-3H3,(H2,21,22). The van der Waals surface area contributed by atoms with Gasteiger partial charge >= 0.3 is 7.60 Å². The van der Waals surface area contributed by atoms with Gasteiger partial charge in [0.05, 0.1) is 21.7 Å². The molecule has 0 saturated carbocycles. The van der Waals surface area contributed by atoms with Gasteiger partial charge in [0.25, 0.3) is 0 Å². The molecule has 0 aliphatic carbocycles. The number of ketones is 1. The average Bonchev–Trinajstić information content (AvgIpc) is 3.20. The summed E-state index contributed by atoms with van der Waals surface area (Å²) in [6.07, 6.45) is 1.48. The Morgan fingerprint density at radius 2 is 1.78 bits per heavy atom. The van der Waals surface area contributed by atoms with Crippen molar-refractivity contribution < 1.29 is 26.8 Å². The third-order valence-corrected chi connectivity index (χ3v) is 10.3. The van der Waals surface area contributed by atoms with Crippen molar-refractivity contribution in [1.29, 1.82) is 0 Å². The number of rotatable bonds is 9. The largest absolute Gasteiger partial charge is 0.382 e. The van der Waals surface area contributed by atoms with Gasteiger partial charge in [0, 0.05) is 25.5 Å². The number of sulfone groups is 1. The highest BCUT2D eigenvalue weighted by Gasteiger charge is 2.31. The van der Waals surface area contributed by atoms with Gasteiger partial charge in [0.15, 0.2) is 26.9 Å². The predicted octanol–water partition coefficient (Wildman–Crippen LogP) is 3.74. The Kier molecular flexibility index (Phi) is 7.26. The molecular weight excluding hydrogens is 473 g/mol. The van der Waals surface area contributed by atoms with Crippen LogP contribution in [0.5, 0.6) is 0 Å². The molecular formula is C20H22N3O6PS2. The van der Waals surface area contributed by atoms with Crippen molar-refractivity contribution in [2.75, 3.05) is 25.4 Å². The number of hydrogen-bond donors (Lipinski definition) is 1. The Morgan fingerprint density at radius 1 is 1.12 bits per heavy atom. The molecule has 9 nitrogen and oxygen atoms in total. The van der Waals surface area contributed by atoms with Gasteiger partial charge in [0.1, 0.15) is 5.69 Å². The summed E-state index contributed by atoms with van der Waals surface area (Å²) in [5.41, 5.74) is 6.27. The number of carbonyl (C=O) groups excluding carboxylic acids is 1. The summed E-state index contributed by atoms with van der Waals surface area (Å²) >= 11 is 1.53. The molecule has 2 N–H and O–H groups in total. The third kappa shape index (κ3) is 5.48. The Labute approximate surface area is 190 Å². The molecule has 0 atom stereocenters. The highest BCUT2D eigenvalue weighted by Crippen LogP contribution is 2.48. The number of nitrogens with two attached hydrogens (primary N) is 1. The summed E-state index contributed by atoms with van der Waals surface area (Å²) in [7, 11) is -5.42. The van der Waals surface area contributed by atoms with E-state index in [2.05, 4.69) is 9.97 Å². The van der Waals surface area contributed by atoms with Crippen LogP contribution in [-0.2, 0) is 29.9 Å². The first kappa shape index (κ1) is 24.2. The van der Waals surface area contributed by atoms with Gasteiger partial charge in [-0.3, -0.25) is 9.36 Å². The van der Waals surface area contributed by atoms with Gasteiger partial charge in [-0.05, 0) is 36.8 Å². The molecule has 0 fully saturated rings. The smallest absolute Gasteiger partial charge is 0.345 e. The van der Waals surface area contributed by atoms with Gasteiger partial charge in [-0.25, -0.2) is 18.4 Å². The minimum atomic E-state index is -3.92. The second-order valence-corrected chi connectivity index (χ2v) is 12.8. The fourth-order valence-electron chi connectivity index (χ4n) is 2.84. The summed E-state index contributed by atoms with van der Waals surface area (Å²) in [6, 6.07) is 9.55. The Bertz CT molecular complexity index is 1280. The van der Waals surface area contributed by atoms with Crippen molar-refractivity contribution >= 4 is 40.4 Å². The van der Waals surface area contributed by atoms with Gasteiger partial charge in [0.2, 0.25) is 0 Å². The first-order valence-corrected chi connectivity index (χ1v) is 13.5. The number of carbonyl (C=O) groups is 1. The molecule has 0 bridgehead atoms. The maximum atomic E-state index is 12.8. The molecule has 32 heavy (non-hydrogen) atoms. The summed E-state index contributed by atoms with van der Waals surface area (Å²) in [6.45, 7) is 1.97. The van der Waals surface area contributed by atoms with E-state index in [1.165, 1.54) is 41.8 Å². The maximum Gasteiger partial charge on any atom is 0.345 e. The van der Waals surface area contributed by atoms with Gasteiger partial charge in [-0.15, -0.1) is 11.3 Å². The summed E-state index contributed by atoms with van der Waals surface area (Å²) in [5, 5.41) is 0. The van der Waals surface area contributed by atoms with Crippen molar-refractivity contribution in [3.05, 3.63) is 58.7 Å². The molecule has 170 valence electrons. The Balaban J connectivity index is 1.79.